The van der Waals surface area contributed by atoms with Crippen LogP contribution in [0.1, 0.15) is 59.1 Å². The molecule has 40 heavy (non-hydrogen) atoms. The normalized spacial score (nSPS) is 24.1. The Labute approximate surface area is 243 Å². The number of likely N-dealkylation sites (N-methyl/N-ethyl adjacent to an activating group) is 1. The molecule has 2 aromatic carbocycles. The van der Waals surface area contributed by atoms with Crippen LogP contribution in [0.15, 0.2) is 42.5 Å². The number of hydrogen-bond donors (Lipinski definition) is 4. The van der Waals surface area contributed by atoms with Crippen LogP contribution in [0, 0.1) is 0 Å². The van der Waals surface area contributed by atoms with E-state index >= 15 is 0 Å². The van der Waals surface area contributed by atoms with E-state index in [1.165, 1.54) is 11.4 Å². The first-order chi connectivity index (χ1) is 19.0. The minimum Gasteiger partial charge on any atom is -0.326 e. The van der Waals surface area contributed by atoms with Crippen molar-refractivity contribution in [2.24, 2.45) is 5.73 Å². The van der Waals surface area contributed by atoms with Crippen molar-refractivity contribution in [2.75, 3.05) is 19.9 Å². The molecule has 11 nitrogen and oxygen atoms in total. The maximum absolute atomic E-state index is 14.3. The number of nitrogens with two attached hydrogens (primary N) is 1. The predicted octanol–water partition coefficient (Wildman–Crippen LogP) is 2.79. The average Bonchev–Trinajstić information content (AvgIpc) is 2.92. The Kier molecular flexibility index (Phi) is 9.74. The lowest BCUT2D eigenvalue weighted by Crippen LogP contribution is -2.59. The molecule has 14 heteroatoms. The number of rotatable bonds is 9. The van der Waals surface area contributed by atoms with Gasteiger partial charge in [-0.15, -0.1) is 0 Å². The zero-order valence-corrected chi connectivity index (χ0v) is 24.4. The number of carbonyl (C=O) groups is 2. The lowest BCUT2D eigenvalue weighted by Gasteiger charge is -2.50. The molecule has 4 rings (SSSR count). The Morgan fingerprint density at radius 3 is 2.58 bits per heavy atom. The van der Waals surface area contributed by atoms with E-state index < -0.39 is 46.1 Å². The van der Waals surface area contributed by atoms with E-state index in [1.54, 1.807) is 47.4 Å². The van der Waals surface area contributed by atoms with E-state index in [4.69, 9.17) is 39.0 Å². The van der Waals surface area contributed by atoms with E-state index in [-0.39, 0.29) is 17.5 Å². The van der Waals surface area contributed by atoms with Crippen LogP contribution < -0.4 is 16.7 Å². The zero-order valence-electron chi connectivity index (χ0n) is 22.1. The fourth-order valence-corrected chi connectivity index (χ4v) is 6.92. The monoisotopic (exact) mass is 613 g/mol. The predicted molar refractivity (Wildman–Crippen MR) is 150 cm³/mol. The van der Waals surface area contributed by atoms with Gasteiger partial charge >= 0.3 is 0 Å². The third-order valence-corrected chi connectivity index (χ3v) is 9.46. The molecule has 0 aromatic heterocycles. The molecule has 1 aliphatic heterocycles. The van der Waals surface area contributed by atoms with Gasteiger partial charge in [-0.25, -0.2) is 18.2 Å². The van der Waals surface area contributed by atoms with Crippen LogP contribution in [0.5, 0.6) is 0 Å². The summed E-state index contributed by atoms with van der Waals surface area (Å²) in [5.41, 5.74) is 11.1. The van der Waals surface area contributed by atoms with Gasteiger partial charge in [-0.05, 0) is 42.2 Å². The average molecular weight is 615 g/mol. The maximum atomic E-state index is 14.3. The first kappa shape index (κ1) is 30.7. The Balaban J connectivity index is 1.88. The Hall–Kier alpha value is -2.29. The quantitative estimate of drug-likeness (QED) is 0.249. The van der Waals surface area contributed by atoms with Gasteiger partial charge in [-0.3, -0.25) is 14.4 Å². The number of hydroxylamine groups is 2. The number of nitrogens with zero attached hydrogens (tertiary/aromatic N) is 2. The van der Waals surface area contributed by atoms with Crippen molar-refractivity contribution in [1.29, 1.82) is 0 Å². The van der Waals surface area contributed by atoms with Crippen LogP contribution in [0.25, 0.3) is 0 Å². The minimum absolute atomic E-state index is 0.241. The van der Waals surface area contributed by atoms with Crippen molar-refractivity contribution >= 4 is 45.0 Å². The lowest BCUT2D eigenvalue weighted by molar-refractivity contribution is -0.138. The van der Waals surface area contributed by atoms with E-state index in [9.17, 15) is 18.0 Å². The van der Waals surface area contributed by atoms with Crippen LogP contribution in [0.4, 0.5) is 0 Å². The third-order valence-electron chi connectivity index (χ3n) is 7.58. The standard InChI is InChI=1S/C26H33Cl2N5O6S/c1-32(40(2,37)38)20-9-5-6-10-21(20)33-24(18-12-11-15(27)13-19(18)28)23(25(34)31-39-14-22(29)30-36)16-7-3-4-8-17(16)26(33)35/h3-4,7-8,11-13,20-24,30,36H,5-6,9-10,14,29H2,1-2H3,(H,31,34)/t20-,21-,22?,23+,24-/m0/s1. The highest BCUT2D eigenvalue weighted by atomic mass is 35.5. The summed E-state index contributed by atoms with van der Waals surface area (Å²) in [4.78, 5) is 35.0. The molecule has 2 aliphatic rings. The van der Waals surface area contributed by atoms with Gasteiger partial charge < -0.3 is 15.8 Å². The molecule has 0 bridgehead atoms. The Bertz CT molecular complexity index is 1360. The fraction of sp³-hybridized carbons (Fsp3) is 0.462. The molecule has 2 amide bonds. The molecule has 1 fully saturated rings. The smallest absolute Gasteiger partial charge is 0.255 e. The molecular formula is C26H33Cl2N5O6S. The van der Waals surface area contributed by atoms with Gasteiger partial charge in [-0.1, -0.05) is 60.3 Å². The van der Waals surface area contributed by atoms with Crippen molar-refractivity contribution < 1.29 is 28.1 Å². The van der Waals surface area contributed by atoms with E-state index in [0.717, 1.165) is 19.1 Å². The highest BCUT2D eigenvalue weighted by Gasteiger charge is 2.50. The zero-order chi connectivity index (χ0) is 29.2. The number of amides is 2. The summed E-state index contributed by atoms with van der Waals surface area (Å²) in [5, 5.41) is 9.61. The number of nitrogens with one attached hydrogen (secondary N) is 2. The molecule has 1 saturated carbocycles. The highest BCUT2D eigenvalue weighted by molar-refractivity contribution is 7.88. The number of carbonyl (C=O) groups excluding carboxylic acids is 2. The summed E-state index contributed by atoms with van der Waals surface area (Å²) in [5.74, 6) is -1.89. The lowest BCUT2D eigenvalue weighted by atomic mass is 9.76. The molecule has 1 aliphatic carbocycles. The Morgan fingerprint density at radius 2 is 1.90 bits per heavy atom. The summed E-state index contributed by atoms with van der Waals surface area (Å²) >= 11 is 12.9. The van der Waals surface area contributed by atoms with Crippen molar-refractivity contribution in [3.05, 3.63) is 69.2 Å². The van der Waals surface area contributed by atoms with Gasteiger partial charge in [-0.2, -0.15) is 5.48 Å². The second-order valence-electron chi connectivity index (χ2n) is 10.1. The molecule has 1 unspecified atom stereocenters. The molecule has 218 valence electrons. The summed E-state index contributed by atoms with van der Waals surface area (Å²) < 4.78 is 26.6. The van der Waals surface area contributed by atoms with E-state index in [2.05, 4.69) is 5.48 Å². The second-order valence-corrected chi connectivity index (χ2v) is 13.0. The molecule has 2 aromatic rings. The van der Waals surface area contributed by atoms with Gasteiger partial charge in [0.25, 0.3) is 11.8 Å². The molecule has 5 atom stereocenters. The number of halogens is 2. The molecule has 1 heterocycles. The van der Waals surface area contributed by atoms with Crippen molar-refractivity contribution in [3.8, 4) is 0 Å². The minimum atomic E-state index is -3.59. The summed E-state index contributed by atoms with van der Waals surface area (Å²) in [6.45, 7) is -0.241. The third kappa shape index (κ3) is 6.29. The second kappa shape index (κ2) is 12.7. The summed E-state index contributed by atoms with van der Waals surface area (Å²) in [6.07, 6.45) is 2.83. The molecule has 0 radical (unpaired) electrons. The number of hydrogen-bond acceptors (Lipinski definition) is 8. The molecule has 0 spiro atoms. The molecular weight excluding hydrogens is 581 g/mol. The van der Waals surface area contributed by atoms with Crippen LogP contribution in [0.2, 0.25) is 10.0 Å². The topological polar surface area (TPSA) is 154 Å². The highest BCUT2D eigenvalue weighted by Crippen LogP contribution is 2.48. The van der Waals surface area contributed by atoms with Gasteiger partial charge in [0.2, 0.25) is 10.0 Å². The summed E-state index contributed by atoms with van der Waals surface area (Å²) in [7, 11) is -2.07. The first-order valence-electron chi connectivity index (χ1n) is 12.8. The maximum Gasteiger partial charge on any atom is 0.255 e. The van der Waals surface area contributed by atoms with Crippen LogP contribution in [-0.4, -0.2) is 72.8 Å². The number of fused-ring (bicyclic) bond motifs is 1. The van der Waals surface area contributed by atoms with Crippen LogP contribution in [0.3, 0.4) is 0 Å². The Morgan fingerprint density at radius 1 is 1.20 bits per heavy atom. The van der Waals surface area contributed by atoms with Crippen molar-refractivity contribution in [2.45, 2.75) is 55.9 Å². The fourth-order valence-electron chi connectivity index (χ4n) is 5.66. The van der Waals surface area contributed by atoms with E-state index in [0.29, 0.717) is 34.6 Å². The molecule has 0 saturated heterocycles. The van der Waals surface area contributed by atoms with Gasteiger partial charge in [0.15, 0.2) is 0 Å². The van der Waals surface area contributed by atoms with Crippen molar-refractivity contribution in [3.63, 3.8) is 0 Å². The largest absolute Gasteiger partial charge is 0.326 e. The van der Waals surface area contributed by atoms with Crippen LogP contribution >= 0.6 is 23.2 Å². The SMILES string of the molecule is CN([C@H]1CCCC[C@@H]1N1C(=O)c2ccccc2[C@@H](C(=O)NOCC(N)NO)[C@@H]1c1ccc(Cl)cc1Cl)S(C)(=O)=O. The number of benzene rings is 2. The van der Waals surface area contributed by atoms with Crippen molar-refractivity contribution in [1.82, 2.24) is 20.2 Å². The first-order valence-corrected chi connectivity index (χ1v) is 15.4. The van der Waals surface area contributed by atoms with Crippen LogP contribution in [-0.2, 0) is 19.7 Å². The van der Waals surface area contributed by atoms with Gasteiger partial charge in [0.1, 0.15) is 12.8 Å². The number of sulfonamides is 1. The van der Waals surface area contributed by atoms with Gasteiger partial charge in [0.05, 0.1) is 18.2 Å². The summed E-state index contributed by atoms with van der Waals surface area (Å²) in [6, 6.07) is 9.66. The van der Waals surface area contributed by atoms with Gasteiger partial charge in [0, 0.05) is 34.7 Å². The molecule has 5 N–H and O–H groups in total. The van der Waals surface area contributed by atoms with E-state index in [1.807, 2.05) is 5.48 Å².